The molecule has 5 nitrogen and oxygen atoms in total. The molecular formula is C12H9N3O2S. The molecule has 2 aromatic rings. The van der Waals surface area contributed by atoms with Crippen molar-refractivity contribution in [2.75, 3.05) is 16.8 Å². The maximum absolute atomic E-state index is 12.3. The van der Waals surface area contributed by atoms with E-state index in [0.717, 1.165) is 5.69 Å². The molecule has 0 saturated carbocycles. The van der Waals surface area contributed by atoms with Crippen molar-refractivity contribution in [2.24, 2.45) is 0 Å². The maximum Gasteiger partial charge on any atom is 0.270 e. The Morgan fingerprint density at radius 3 is 3.00 bits per heavy atom. The number of aromatic nitrogens is 1. The van der Waals surface area contributed by atoms with Crippen LogP contribution in [0.3, 0.4) is 0 Å². The number of carbonyl (C=O) groups excluding carboxylic acids is 2. The summed E-state index contributed by atoms with van der Waals surface area (Å²) in [6.45, 7) is 0.0355. The molecule has 1 aromatic carbocycles. The highest BCUT2D eigenvalue weighted by Gasteiger charge is 2.27. The fourth-order valence-electron chi connectivity index (χ4n) is 1.87. The van der Waals surface area contributed by atoms with Crippen molar-refractivity contribution in [3.63, 3.8) is 0 Å². The molecule has 0 bridgehead atoms. The van der Waals surface area contributed by atoms with Gasteiger partial charge in [-0.1, -0.05) is 12.1 Å². The SMILES string of the molecule is O=C1CN(C(=O)c2cncs2)c2ccccc2N1. The molecule has 1 aliphatic heterocycles. The first kappa shape index (κ1) is 10.9. The van der Waals surface area contributed by atoms with Gasteiger partial charge in [-0.3, -0.25) is 19.5 Å². The Labute approximate surface area is 107 Å². The largest absolute Gasteiger partial charge is 0.323 e. The van der Waals surface area contributed by atoms with Crippen LogP contribution in [0.15, 0.2) is 36.0 Å². The standard InChI is InChI=1S/C12H9N3O2S/c16-11-6-15(12(17)10-5-13-7-18-10)9-4-2-1-3-8(9)14-11/h1-5,7H,6H2,(H,14,16). The van der Waals surface area contributed by atoms with E-state index in [1.54, 1.807) is 11.6 Å². The second-order valence-corrected chi connectivity index (χ2v) is 4.71. The number of thiazole rings is 1. The summed E-state index contributed by atoms with van der Waals surface area (Å²) in [5.74, 6) is -0.383. The van der Waals surface area contributed by atoms with Gasteiger partial charge in [0.25, 0.3) is 5.91 Å². The number of rotatable bonds is 1. The highest BCUT2D eigenvalue weighted by atomic mass is 32.1. The van der Waals surface area contributed by atoms with E-state index in [0.29, 0.717) is 10.6 Å². The normalized spacial score (nSPS) is 14.0. The fraction of sp³-hybridized carbons (Fsp3) is 0.0833. The van der Waals surface area contributed by atoms with Crippen LogP contribution < -0.4 is 10.2 Å². The van der Waals surface area contributed by atoms with Crippen LogP contribution in [-0.4, -0.2) is 23.3 Å². The lowest BCUT2D eigenvalue weighted by Gasteiger charge is -2.28. The predicted octanol–water partition coefficient (Wildman–Crippen LogP) is 1.74. The van der Waals surface area contributed by atoms with Crippen LogP contribution >= 0.6 is 11.3 Å². The van der Waals surface area contributed by atoms with E-state index in [-0.39, 0.29) is 18.4 Å². The van der Waals surface area contributed by atoms with Gasteiger partial charge in [0.1, 0.15) is 11.4 Å². The average Bonchev–Trinajstić information content (AvgIpc) is 2.90. The highest BCUT2D eigenvalue weighted by molar-refractivity contribution is 7.11. The summed E-state index contributed by atoms with van der Waals surface area (Å²) >= 11 is 1.27. The number of carbonyl (C=O) groups is 2. The van der Waals surface area contributed by atoms with Gasteiger partial charge in [0.2, 0.25) is 5.91 Å². The van der Waals surface area contributed by atoms with Crippen LogP contribution in [0.25, 0.3) is 0 Å². The lowest BCUT2D eigenvalue weighted by atomic mass is 10.2. The van der Waals surface area contributed by atoms with Crippen molar-refractivity contribution in [2.45, 2.75) is 0 Å². The van der Waals surface area contributed by atoms with Gasteiger partial charge in [-0.2, -0.15) is 0 Å². The van der Waals surface area contributed by atoms with E-state index in [4.69, 9.17) is 0 Å². The molecule has 2 heterocycles. The summed E-state index contributed by atoms with van der Waals surface area (Å²) in [6.07, 6.45) is 1.52. The monoisotopic (exact) mass is 259 g/mol. The van der Waals surface area contributed by atoms with Gasteiger partial charge >= 0.3 is 0 Å². The number of nitrogens with one attached hydrogen (secondary N) is 1. The Morgan fingerprint density at radius 2 is 2.22 bits per heavy atom. The van der Waals surface area contributed by atoms with Gasteiger partial charge in [-0.15, -0.1) is 11.3 Å². The Bertz CT molecular complexity index is 610. The molecule has 1 aromatic heterocycles. The van der Waals surface area contributed by atoms with E-state index in [2.05, 4.69) is 10.3 Å². The third kappa shape index (κ3) is 1.76. The molecule has 1 aliphatic rings. The Morgan fingerprint density at radius 1 is 1.39 bits per heavy atom. The van der Waals surface area contributed by atoms with Crippen LogP contribution in [0.2, 0.25) is 0 Å². The van der Waals surface area contributed by atoms with Crippen molar-refractivity contribution >= 4 is 34.5 Å². The van der Waals surface area contributed by atoms with Gasteiger partial charge in [0.05, 0.1) is 23.1 Å². The van der Waals surface area contributed by atoms with E-state index in [9.17, 15) is 9.59 Å². The third-order valence-corrected chi connectivity index (χ3v) is 3.42. The summed E-state index contributed by atoms with van der Waals surface area (Å²) in [5, 5.41) is 2.74. The van der Waals surface area contributed by atoms with Gasteiger partial charge in [0.15, 0.2) is 0 Å². The van der Waals surface area contributed by atoms with Crippen LogP contribution in [0.5, 0.6) is 0 Å². The molecular weight excluding hydrogens is 250 g/mol. The van der Waals surface area contributed by atoms with Crippen molar-refractivity contribution in [1.82, 2.24) is 4.98 Å². The molecule has 3 rings (SSSR count). The van der Waals surface area contributed by atoms with Crippen molar-refractivity contribution in [3.05, 3.63) is 40.8 Å². The van der Waals surface area contributed by atoms with Gasteiger partial charge < -0.3 is 5.32 Å². The molecule has 0 atom stereocenters. The summed E-state index contributed by atoms with van der Waals surface area (Å²) in [7, 11) is 0. The number of hydrogen-bond donors (Lipinski definition) is 1. The minimum absolute atomic E-state index is 0.0355. The number of fused-ring (bicyclic) bond motifs is 1. The number of nitrogens with zero attached hydrogens (tertiary/aromatic N) is 2. The van der Waals surface area contributed by atoms with Gasteiger partial charge in [0, 0.05) is 0 Å². The Kier molecular flexibility index (Phi) is 2.56. The van der Waals surface area contributed by atoms with E-state index in [1.807, 2.05) is 18.2 Å². The number of para-hydroxylation sites is 2. The zero-order valence-electron chi connectivity index (χ0n) is 9.29. The van der Waals surface area contributed by atoms with Gasteiger partial charge in [-0.25, -0.2) is 0 Å². The minimum atomic E-state index is -0.195. The lowest BCUT2D eigenvalue weighted by Crippen LogP contribution is -2.41. The number of hydrogen-bond acceptors (Lipinski definition) is 4. The van der Waals surface area contributed by atoms with Crippen molar-refractivity contribution in [1.29, 1.82) is 0 Å². The summed E-state index contributed by atoms with van der Waals surface area (Å²) in [5.41, 5.74) is 2.98. The lowest BCUT2D eigenvalue weighted by molar-refractivity contribution is -0.115. The summed E-state index contributed by atoms with van der Waals surface area (Å²) in [6, 6.07) is 7.25. The first-order chi connectivity index (χ1) is 8.75. The summed E-state index contributed by atoms with van der Waals surface area (Å²) < 4.78 is 0. The molecule has 0 fully saturated rings. The fourth-order valence-corrected chi connectivity index (χ4v) is 2.44. The van der Waals surface area contributed by atoms with Crippen LogP contribution in [-0.2, 0) is 4.79 Å². The van der Waals surface area contributed by atoms with E-state index in [1.165, 1.54) is 22.4 Å². The van der Waals surface area contributed by atoms with Crippen LogP contribution in [0, 0.1) is 0 Å². The second-order valence-electron chi connectivity index (χ2n) is 3.82. The van der Waals surface area contributed by atoms with Crippen molar-refractivity contribution < 1.29 is 9.59 Å². The van der Waals surface area contributed by atoms with E-state index < -0.39 is 0 Å². The topological polar surface area (TPSA) is 62.3 Å². The first-order valence-electron chi connectivity index (χ1n) is 5.35. The summed E-state index contributed by atoms with van der Waals surface area (Å²) in [4.78, 5) is 29.8. The zero-order chi connectivity index (χ0) is 12.5. The molecule has 0 radical (unpaired) electrons. The Balaban J connectivity index is 2.03. The Hall–Kier alpha value is -2.21. The van der Waals surface area contributed by atoms with E-state index >= 15 is 0 Å². The highest BCUT2D eigenvalue weighted by Crippen LogP contribution is 2.30. The van der Waals surface area contributed by atoms with Crippen LogP contribution in [0.4, 0.5) is 11.4 Å². The molecule has 2 amide bonds. The number of amides is 2. The number of anilines is 2. The molecule has 0 unspecified atom stereocenters. The van der Waals surface area contributed by atoms with Gasteiger partial charge in [-0.05, 0) is 12.1 Å². The first-order valence-corrected chi connectivity index (χ1v) is 6.23. The second kappa shape index (κ2) is 4.23. The van der Waals surface area contributed by atoms with Crippen molar-refractivity contribution in [3.8, 4) is 0 Å². The molecule has 0 saturated heterocycles. The minimum Gasteiger partial charge on any atom is -0.323 e. The predicted molar refractivity (Wildman–Crippen MR) is 68.9 cm³/mol. The zero-order valence-corrected chi connectivity index (χ0v) is 10.1. The molecule has 1 N–H and O–H groups in total. The quantitative estimate of drug-likeness (QED) is 0.848. The smallest absolute Gasteiger partial charge is 0.270 e. The molecule has 90 valence electrons. The third-order valence-electron chi connectivity index (χ3n) is 2.66. The molecule has 6 heteroatoms. The number of benzene rings is 1. The molecule has 18 heavy (non-hydrogen) atoms. The molecule has 0 spiro atoms. The molecule has 0 aliphatic carbocycles. The average molecular weight is 259 g/mol. The maximum atomic E-state index is 12.3. The van der Waals surface area contributed by atoms with Crippen LogP contribution in [0.1, 0.15) is 9.67 Å².